The minimum absolute atomic E-state index is 0.0510. The molecule has 5 N–H and O–H groups in total. The van der Waals surface area contributed by atoms with Gasteiger partial charge >= 0.3 is 6.18 Å². The van der Waals surface area contributed by atoms with Gasteiger partial charge in [-0.25, -0.2) is 15.0 Å². The lowest BCUT2D eigenvalue weighted by Crippen LogP contribution is -2.10. The van der Waals surface area contributed by atoms with E-state index in [-0.39, 0.29) is 22.9 Å². The third kappa shape index (κ3) is 2.98. The Morgan fingerprint density at radius 1 is 1.11 bits per heavy atom. The summed E-state index contributed by atoms with van der Waals surface area (Å²) in [7, 11) is 0. The number of imidazole rings is 2. The normalized spacial score (nSPS) is 13.3. The van der Waals surface area contributed by atoms with Gasteiger partial charge < -0.3 is 15.7 Å². The van der Waals surface area contributed by atoms with Crippen LogP contribution in [0.2, 0.25) is 0 Å². The number of fused-ring (bicyclic) bond motifs is 2. The first-order valence-electron chi connectivity index (χ1n) is 7.99. The Labute approximate surface area is 150 Å². The Balaban J connectivity index is 1.72. The minimum atomic E-state index is -4.47. The predicted molar refractivity (Wildman–Crippen MR) is 93.5 cm³/mol. The van der Waals surface area contributed by atoms with Crippen molar-refractivity contribution in [2.75, 3.05) is 0 Å². The summed E-state index contributed by atoms with van der Waals surface area (Å²) in [4.78, 5) is 18.6. The van der Waals surface area contributed by atoms with Crippen molar-refractivity contribution in [1.29, 1.82) is 5.41 Å². The zero-order chi connectivity index (χ0) is 19.3. The van der Waals surface area contributed by atoms with Crippen LogP contribution in [-0.4, -0.2) is 30.8 Å². The molecule has 1 aromatic carbocycles. The summed E-state index contributed by atoms with van der Waals surface area (Å²) in [6.07, 6.45) is -3.70. The standard InChI is InChI=1S/C17H14F3N7/c1-7(14-24-10-3-2-8(13(21)22)4-11(10)25-14)15-26-12-5-9(17(18,19)20)6-23-16(12)27-15/h2-7H,1H3,(H3,21,22)(H,24,25)(H,23,26,27). The Morgan fingerprint density at radius 3 is 2.52 bits per heavy atom. The molecule has 0 bridgehead atoms. The number of halogens is 3. The Hall–Kier alpha value is -3.43. The first-order valence-corrected chi connectivity index (χ1v) is 7.99. The second kappa shape index (κ2) is 5.79. The summed E-state index contributed by atoms with van der Waals surface area (Å²) >= 11 is 0. The number of rotatable bonds is 3. The second-order valence-electron chi connectivity index (χ2n) is 6.20. The van der Waals surface area contributed by atoms with E-state index in [4.69, 9.17) is 11.1 Å². The van der Waals surface area contributed by atoms with Crippen LogP contribution in [0.15, 0.2) is 30.5 Å². The summed E-state index contributed by atoms with van der Waals surface area (Å²) in [6.45, 7) is 1.83. The summed E-state index contributed by atoms with van der Waals surface area (Å²) in [5.41, 5.74) is 7.04. The van der Waals surface area contributed by atoms with Gasteiger partial charge in [0, 0.05) is 11.8 Å². The molecule has 4 rings (SSSR count). The monoisotopic (exact) mass is 373 g/mol. The number of nitrogens with two attached hydrogens (primary N) is 1. The number of pyridine rings is 1. The molecule has 27 heavy (non-hydrogen) atoms. The van der Waals surface area contributed by atoms with Crippen LogP contribution >= 0.6 is 0 Å². The molecular weight excluding hydrogens is 359 g/mol. The van der Waals surface area contributed by atoms with E-state index in [0.717, 1.165) is 12.3 Å². The molecule has 1 atom stereocenters. The highest BCUT2D eigenvalue weighted by Crippen LogP contribution is 2.31. The molecule has 1 unspecified atom stereocenters. The zero-order valence-electron chi connectivity index (χ0n) is 14.0. The predicted octanol–water partition coefficient (Wildman–Crippen LogP) is 3.29. The number of nitrogens with zero attached hydrogens (tertiary/aromatic N) is 3. The average molecular weight is 373 g/mol. The molecule has 0 amide bonds. The lowest BCUT2D eigenvalue weighted by molar-refractivity contribution is -0.137. The van der Waals surface area contributed by atoms with Crippen LogP contribution in [-0.2, 0) is 6.18 Å². The number of hydrogen-bond donors (Lipinski definition) is 4. The number of hydrogen-bond acceptors (Lipinski definition) is 4. The van der Waals surface area contributed by atoms with Crippen LogP contribution in [0.3, 0.4) is 0 Å². The van der Waals surface area contributed by atoms with E-state index in [2.05, 4.69) is 24.9 Å². The van der Waals surface area contributed by atoms with E-state index in [1.165, 1.54) is 0 Å². The number of H-pyrrole nitrogens is 2. The van der Waals surface area contributed by atoms with E-state index in [9.17, 15) is 13.2 Å². The van der Waals surface area contributed by atoms with Gasteiger partial charge in [-0.15, -0.1) is 0 Å². The molecule has 0 fully saturated rings. The van der Waals surface area contributed by atoms with E-state index >= 15 is 0 Å². The molecule has 0 aliphatic heterocycles. The van der Waals surface area contributed by atoms with Gasteiger partial charge in [-0.2, -0.15) is 13.2 Å². The van der Waals surface area contributed by atoms with Crippen molar-refractivity contribution in [3.05, 3.63) is 53.2 Å². The number of alkyl halides is 3. The first kappa shape index (κ1) is 17.0. The van der Waals surface area contributed by atoms with Gasteiger partial charge in [0.2, 0.25) is 0 Å². The number of nitrogens with one attached hydrogen (secondary N) is 3. The van der Waals surface area contributed by atoms with Gasteiger partial charge in [0.1, 0.15) is 17.5 Å². The Morgan fingerprint density at radius 2 is 1.81 bits per heavy atom. The van der Waals surface area contributed by atoms with Crippen molar-refractivity contribution in [3.63, 3.8) is 0 Å². The second-order valence-corrected chi connectivity index (χ2v) is 6.20. The quantitative estimate of drug-likeness (QED) is 0.325. The maximum atomic E-state index is 12.8. The molecule has 0 saturated heterocycles. The first-order chi connectivity index (χ1) is 12.7. The number of amidine groups is 1. The lowest BCUT2D eigenvalue weighted by Gasteiger charge is -2.04. The highest BCUT2D eigenvalue weighted by Gasteiger charge is 2.31. The number of benzene rings is 1. The van der Waals surface area contributed by atoms with Crippen molar-refractivity contribution in [2.45, 2.75) is 19.0 Å². The van der Waals surface area contributed by atoms with Crippen LogP contribution in [0.1, 0.15) is 35.6 Å². The fourth-order valence-electron chi connectivity index (χ4n) is 2.81. The molecule has 10 heteroatoms. The van der Waals surface area contributed by atoms with Crippen molar-refractivity contribution < 1.29 is 13.2 Å². The van der Waals surface area contributed by atoms with Gasteiger partial charge in [-0.1, -0.05) is 0 Å². The van der Waals surface area contributed by atoms with Crippen molar-refractivity contribution in [1.82, 2.24) is 24.9 Å². The number of aromatic amines is 2. The maximum absolute atomic E-state index is 12.8. The van der Waals surface area contributed by atoms with Gasteiger partial charge in [0.15, 0.2) is 5.65 Å². The van der Waals surface area contributed by atoms with Gasteiger partial charge in [-0.05, 0) is 31.2 Å². The summed E-state index contributed by atoms with van der Waals surface area (Å²) in [5, 5.41) is 7.50. The van der Waals surface area contributed by atoms with Gasteiger partial charge in [-0.3, -0.25) is 5.41 Å². The molecule has 0 radical (unpaired) electrons. The molecular formula is C17H14F3N7. The molecule has 7 nitrogen and oxygen atoms in total. The van der Waals surface area contributed by atoms with Crippen LogP contribution in [0.4, 0.5) is 13.2 Å². The third-order valence-electron chi connectivity index (χ3n) is 4.31. The third-order valence-corrected chi connectivity index (χ3v) is 4.31. The molecule has 138 valence electrons. The number of aromatic nitrogens is 5. The van der Waals surface area contributed by atoms with E-state index in [1.807, 2.05) is 6.92 Å². The van der Waals surface area contributed by atoms with E-state index in [1.54, 1.807) is 18.2 Å². The van der Waals surface area contributed by atoms with Crippen LogP contribution in [0.5, 0.6) is 0 Å². The lowest BCUT2D eigenvalue weighted by atomic mass is 10.1. The molecule has 0 spiro atoms. The fourth-order valence-corrected chi connectivity index (χ4v) is 2.81. The van der Waals surface area contributed by atoms with Crippen molar-refractivity contribution in [3.8, 4) is 0 Å². The molecule has 3 heterocycles. The fraction of sp³-hybridized carbons (Fsp3) is 0.176. The SMILES string of the molecule is CC(c1nc2ccc(C(=N)N)cc2[nH]1)c1nc2ncc(C(F)(F)F)cc2[nH]1. The minimum Gasteiger partial charge on any atom is -0.384 e. The smallest absolute Gasteiger partial charge is 0.384 e. The summed E-state index contributed by atoms with van der Waals surface area (Å²) in [5.74, 6) is 0.648. The molecule has 0 saturated carbocycles. The molecule has 4 aromatic rings. The van der Waals surface area contributed by atoms with E-state index in [0.29, 0.717) is 28.2 Å². The highest BCUT2D eigenvalue weighted by atomic mass is 19.4. The molecule has 3 aromatic heterocycles. The highest BCUT2D eigenvalue weighted by molar-refractivity contribution is 5.97. The van der Waals surface area contributed by atoms with E-state index < -0.39 is 11.7 Å². The van der Waals surface area contributed by atoms with Crippen LogP contribution in [0, 0.1) is 5.41 Å². The molecule has 0 aliphatic carbocycles. The molecule has 0 aliphatic rings. The van der Waals surface area contributed by atoms with Gasteiger partial charge in [0.05, 0.1) is 28.0 Å². The van der Waals surface area contributed by atoms with Crippen LogP contribution < -0.4 is 5.73 Å². The summed E-state index contributed by atoms with van der Waals surface area (Å²) in [6, 6.07) is 6.15. The Kier molecular flexibility index (Phi) is 3.65. The van der Waals surface area contributed by atoms with Crippen molar-refractivity contribution >= 4 is 28.0 Å². The average Bonchev–Trinajstić information content (AvgIpc) is 3.22. The van der Waals surface area contributed by atoms with Crippen molar-refractivity contribution in [2.24, 2.45) is 5.73 Å². The van der Waals surface area contributed by atoms with Crippen LogP contribution in [0.25, 0.3) is 22.2 Å². The summed E-state index contributed by atoms with van der Waals surface area (Å²) < 4.78 is 38.5. The number of nitrogen functional groups attached to an aromatic ring is 1. The zero-order valence-corrected chi connectivity index (χ0v) is 14.0. The van der Waals surface area contributed by atoms with Gasteiger partial charge in [0.25, 0.3) is 0 Å². The topological polar surface area (TPSA) is 120 Å². The largest absolute Gasteiger partial charge is 0.417 e. The maximum Gasteiger partial charge on any atom is 0.417 e. The Bertz CT molecular complexity index is 1170.